The Morgan fingerprint density at radius 2 is 1.83 bits per heavy atom. The first-order valence-corrected chi connectivity index (χ1v) is 17.5. The lowest BCUT2D eigenvalue weighted by Crippen LogP contribution is -2.50. The number of carbonyl (C=O) groups excluding carboxylic acids is 3. The van der Waals surface area contributed by atoms with Crippen LogP contribution in [0, 0.1) is 40.8 Å². The molecule has 0 radical (unpaired) electrons. The van der Waals surface area contributed by atoms with Crippen molar-refractivity contribution >= 4 is 40.5 Å². The van der Waals surface area contributed by atoms with E-state index in [1.807, 2.05) is 26.8 Å². The number of nitrogens with zero attached hydrogens (tertiary/aromatic N) is 3. The fraction of sp³-hybridized carbons (Fsp3) is 0.649. The van der Waals surface area contributed by atoms with Gasteiger partial charge in [0.25, 0.3) is 5.88 Å². The standard InChI is InChI=1S/C37H49ClFN3O6/c1-9-10-11-12-23-24-15-21(24)16-28(23)46-30(43)18-25(36(3,4)5)34(44)42-19-29(20(2)31(42)35(45)48-37(6,7)8)47-33-32(38)40-26-14-13-22(39)17-27(26)41-33/h9,13-14,17,20-21,23-25,28-29,31H,1,10-12,15-16,18-19H2,2-8H3/t20-,21+,23-,24+,25-,28-,29+,31+/m1/s1. The van der Waals surface area contributed by atoms with Crippen molar-refractivity contribution in [3.63, 3.8) is 0 Å². The van der Waals surface area contributed by atoms with E-state index >= 15 is 0 Å². The average Bonchev–Trinajstić information content (AvgIpc) is 3.54. The van der Waals surface area contributed by atoms with Gasteiger partial charge in [0.15, 0.2) is 5.15 Å². The maximum atomic E-state index is 14.5. The fourth-order valence-electron chi connectivity index (χ4n) is 7.44. The van der Waals surface area contributed by atoms with Gasteiger partial charge in [0.05, 0.1) is 29.9 Å². The van der Waals surface area contributed by atoms with E-state index in [1.165, 1.54) is 29.5 Å². The van der Waals surface area contributed by atoms with Crippen molar-refractivity contribution in [2.45, 2.75) is 111 Å². The van der Waals surface area contributed by atoms with Gasteiger partial charge < -0.3 is 19.1 Å². The second kappa shape index (κ2) is 13.9. The third-order valence-corrected chi connectivity index (χ3v) is 10.3. The van der Waals surface area contributed by atoms with Gasteiger partial charge in [-0.05, 0) is 88.2 Å². The van der Waals surface area contributed by atoms with Crippen molar-refractivity contribution in [2.24, 2.45) is 35.0 Å². The first-order valence-electron chi connectivity index (χ1n) is 17.1. The zero-order valence-electron chi connectivity index (χ0n) is 29.1. The number of ether oxygens (including phenoxy) is 3. The maximum Gasteiger partial charge on any atom is 0.329 e. The number of unbranched alkanes of at least 4 members (excludes halogenated alkanes) is 1. The summed E-state index contributed by atoms with van der Waals surface area (Å²) < 4.78 is 32.1. The predicted octanol–water partition coefficient (Wildman–Crippen LogP) is 7.33. The minimum Gasteiger partial charge on any atom is -0.470 e. The van der Waals surface area contributed by atoms with E-state index in [0.29, 0.717) is 23.3 Å². The molecular weight excluding hydrogens is 637 g/mol. The molecule has 11 heteroatoms. The van der Waals surface area contributed by atoms with Gasteiger partial charge in [0.1, 0.15) is 29.7 Å². The summed E-state index contributed by atoms with van der Waals surface area (Å²) in [5.74, 6) is -1.59. The number of rotatable bonds is 11. The molecule has 1 saturated heterocycles. The quantitative estimate of drug-likeness (QED) is 0.137. The van der Waals surface area contributed by atoms with Gasteiger partial charge in [-0.2, -0.15) is 0 Å². The van der Waals surface area contributed by atoms with E-state index in [4.69, 9.17) is 25.8 Å². The Balaban J connectivity index is 1.37. The van der Waals surface area contributed by atoms with Crippen LogP contribution in [0.3, 0.4) is 0 Å². The Morgan fingerprint density at radius 3 is 2.50 bits per heavy atom. The summed E-state index contributed by atoms with van der Waals surface area (Å²) in [6, 6.07) is 2.97. The monoisotopic (exact) mass is 685 g/mol. The molecule has 2 aromatic rings. The minimum atomic E-state index is -0.997. The van der Waals surface area contributed by atoms with Crippen molar-refractivity contribution in [3.05, 3.63) is 41.8 Å². The van der Waals surface area contributed by atoms with Crippen LogP contribution in [0.2, 0.25) is 5.15 Å². The van der Waals surface area contributed by atoms with Gasteiger partial charge >= 0.3 is 11.9 Å². The molecule has 0 unspecified atom stereocenters. The summed E-state index contributed by atoms with van der Waals surface area (Å²) in [7, 11) is 0. The number of fused-ring (bicyclic) bond motifs is 2. The Hall–Kier alpha value is -3.27. The molecule has 8 atom stereocenters. The van der Waals surface area contributed by atoms with Crippen molar-refractivity contribution in [1.82, 2.24) is 14.9 Å². The number of allylic oxidation sites excluding steroid dienone is 1. The zero-order chi connectivity index (χ0) is 35.1. The molecule has 2 saturated carbocycles. The van der Waals surface area contributed by atoms with Gasteiger partial charge in [-0.15, -0.1) is 6.58 Å². The van der Waals surface area contributed by atoms with Crippen molar-refractivity contribution < 1.29 is 33.0 Å². The number of aromatic nitrogens is 2. The topological polar surface area (TPSA) is 108 Å². The third kappa shape index (κ3) is 8.12. The Morgan fingerprint density at radius 1 is 1.10 bits per heavy atom. The van der Waals surface area contributed by atoms with Gasteiger partial charge in [0.2, 0.25) is 5.91 Å². The lowest BCUT2D eigenvalue weighted by molar-refractivity contribution is -0.167. The lowest BCUT2D eigenvalue weighted by Gasteiger charge is -2.35. The highest BCUT2D eigenvalue weighted by molar-refractivity contribution is 6.31. The largest absolute Gasteiger partial charge is 0.470 e. The summed E-state index contributed by atoms with van der Waals surface area (Å²) in [5, 5.41) is -0.0254. The molecule has 3 aliphatic rings. The van der Waals surface area contributed by atoms with Crippen LogP contribution in [0.5, 0.6) is 5.88 Å². The average molecular weight is 686 g/mol. The molecule has 0 N–H and O–H groups in total. The molecule has 0 bridgehead atoms. The molecule has 1 aromatic heterocycles. The molecular formula is C37H49ClFN3O6. The Kier molecular flexibility index (Phi) is 10.4. The summed E-state index contributed by atoms with van der Waals surface area (Å²) in [6.45, 7) is 16.7. The van der Waals surface area contributed by atoms with Crippen molar-refractivity contribution in [2.75, 3.05) is 6.54 Å². The van der Waals surface area contributed by atoms with Crippen LogP contribution in [0.25, 0.3) is 11.0 Å². The lowest BCUT2D eigenvalue weighted by atomic mass is 9.77. The van der Waals surface area contributed by atoms with Crippen LogP contribution in [-0.4, -0.2) is 63.1 Å². The van der Waals surface area contributed by atoms with Gasteiger partial charge in [0, 0.05) is 12.0 Å². The highest BCUT2D eigenvalue weighted by Crippen LogP contribution is 2.57. The third-order valence-electron chi connectivity index (χ3n) is 10.0. The van der Waals surface area contributed by atoms with E-state index in [0.717, 1.165) is 25.7 Å². The number of hydrogen-bond donors (Lipinski definition) is 0. The maximum absolute atomic E-state index is 14.5. The fourth-order valence-corrected chi connectivity index (χ4v) is 7.62. The van der Waals surface area contributed by atoms with Gasteiger partial charge in [-0.3, -0.25) is 9.59 Å². The normalized spacial score (nSPS) is 27.4. The molecule has 1 aliphatic heterocycles. The van der Waals surface area contributed by atoms with Crippen LogP contribution >= 0.6 is 11.6 Å². The predicted molar refractivity (Wildman–Crippen MR) is 181 cm³/mol. The number of amides is 1. The number of carbonyl (C=O) groups is 3. The van der Waals surface area contributed by atoms with Crippen LogP contribution < -0.4 is 4.74 Å². The highest BCUT2D eigenvalue weighted by Gasteiger charge is 2.55. The summed E-state index contributed by atoms with van der Waals surface area (Å²) in [4.78, 5) is 51.9. The zero-order valence-corrected chi connectivity index (χ0v) is 29.9. The van der Waals surface area contributed by atoms with Crippen molar-refractivity contribution in [3.8, 4) is 5.88 Å². The Labute approximate surface area is 287 Å². The summed E-state index contributed by atoms with van der Waals surface area (Å²) in [5.41, 5.74) is -0.784. The van der Waals surface area contributed by atoms with Gasteiger partial charge in [-0.25, -0.2) is 19.2 Å². The van der Waals surface area contributed by atoms with E-state index in [1.54, 1.807) is 27.7 Å². The van der Waals surface area contributed by atoms with E-state index in [9.17, 15) is 18.8 Å². The number of benzene rings is 1. The van der Waals surface area contributed by atoms with Gasteiger partial charge in [-0.1, -0.05) is 45.4 Å². The second-order valence-corrected chi connectivity index (χ2v) is 16.2. The first-order chi connectivity index (χ1) is 22.5. The van der Waals surface area contributed by atoms with E-state index in [2.05, 4.69) is 16.5 Å². The molecule has 9 nitrogen and oxygen atoms in total. The molecule has 1 amide bonds. The smallest absolute Gasteiger partial charge is 0.329 e. The summed E-state index contributed by atoms with van der Waals surface area (Å²) >= 11 is 6.43. The number of hydrogen-bond acceptors (Lipinski definition) is 8. The second-order valence-electron chi connectivity index (χ2n) is 15.9. The number of likely N-dealkylation sites (tertiary alicyclic amines) is 1. The number of esters is 2. The Bertz CT molecular complexity index is 1550. The van der Waals surface area contributed by atoms with Crippen molar-refractivity contribution in [1.29, 1.82) is 0 Å². The van der Waals surface area contributed by atoms with Crippen LogP contribution in [-0.2, 0) is 23.9 Å². The van der Waals surface area contributed by atoms with E-state index in [-0.39, 0.29) is 41.5 Å². The molecule has 262 valence electrons. The molecule has 3 fully saturated rings. The molecule has 5 rings (SSSR count). The van der Waals surface area contributed by atoms with Crippen LogP contribution in [0.15, 0.2) is 30.9 Å². The van der Waals surface area contributed by atoms with E-state index < -0.39 is 52.8 Å². The molecule has 2 aliphatic carbocycles. The minimum absolute atomic E-state index is 0.0160. The highest BCUT2D eigenvalue weighted by atomic mass is 35.5. The molecule has 0 spiro atoms. The summed E-state index contributed by atoms with van der Waals surface area (Å²) in [6.07, 6.45) is 5.97. The SMILES string of the molecule is C=CCCC[C@@H]1[C@H]2C[C@H]2C[C@H]1OC(=O)C[C@H](C(=O)N1C[C@H](Oc2nc3cc(F)ccc3nc2Cl)[C@@H](C)[C@H]1C(=O)OC(C)(C)C)C(C)(C)C. The van der Waals surface area contributed by atoms with Crippen LogP contribution in [0.1, 0.15) is 87.0 Å². The first kappa shape index (κ1) is 36.0. The van der Waals surface area contributed by atoms with Crippen LogP contribution in [0.4, 0.5) is 4.39 Å². The molecule has 1 aromatic carbocycles. The molecule has 2 heterocycles. The molecule has 48 heavy (non-hydrogen) atoms. The number of halogens is 2.